The molecule has 0 aliphatic carbocycles. The highest BCUT2D eigenvalue weighted by molar-refractivity contribution is 5.83. The first kappa shape index (κ1) is 13.4. The molecule has 0 bridgehead atoms. The quantitative estimate of drug-likeness (QED) is 0.576. The Morgan fingerprint density at radius 1 is 0.957 bits per heavy atom. The van der Waals surface area contributed by atoms with Crippen molar-refractivity contribution in [2.24, 2.45) is 0 Å². The minimum absolute atomic E-state index is 0.187. The highest BCUT2D eigenvalue weighted by atomic mass is 16.3. The minimum Gasteiger partial charge on any atom is -0.508 e. The molecule has 0 fully saturated rings. The van der Waals surface area contributed by atoms with Crippen LogP contribution in [0.3, 0.4) is 0 Å². The number of phenols is 1. The van der Waals surface area contributed by atoms with E-state index < -0.39 is 0 Å². The number of aromatic nitrogens is 2. The number of phenolic OH excluding ortho intramolecular Hbond substituents is 1. The molecule has 2 aromatic carbocycles. The fourth-order valence-corrected chi connectivity index (χ4v) is 2.44. The van der Waals surface area contributed by atoms with Gasteiger partial charge < -0.3 is 9.52 Å². The highest BCUT2D eigenvalue weighted by Gasteiger charge is 2.09. The van der Waals surface area contributed by atoms with E-state index in [9.17, 15) is 5.11 Å². The van der Waals surface area contributed by atoms with Gasteiger partial charge in [0.05, 0.1) is 5.69 Å². The van der Waals surface area contributed by atoms with Gasteiger partial charge in [-0.25, -0.2) is 0 Å². The zero-order valence-corrected chi connectivity index (χ0v) is 12.2. The lowest BCUT2D eigenvalue weighted by atomic mass is 10.2. The van der Waals surface area contributed by atoms with E-state index in [-0.39, 0.29) is 5.75 Å². The van der Waals surface area contributed by atoms with Gasteiger partial charge in [-0.3, -0.25) is 5.10 Å². The molecule has 4 aromatic rings. The average molecular weight is 302 g/mol. The molecule has 0 aliphatic rings. The van der Waals surface area contributed by atoms with Crippen molar-refractivity contribution in [3.8, 4) is 17.2 Å². The maximum atomic E-state index is 9.50. The van der Waals surface area contributed by atoms with E-state index in [1.807, 2.05) is 60.7 Å². The number of benzene rings is 2. The molecular weight excluding hydrogens is 288 g/mol. The molecule has 0 amide bonds. The van der Waals surface area contributed by atoms with Crippen molar-refractivity contribution in [1.29, 1.82) is 0 Å². The average Bonchev–Trinajstić information content (AvgIpc) is 3.20. The van der Waals surface area contributed by atoms with E-state index >= 15 is 0 Å². The second-order valence-corrected chi connectivity index (χ2v) is 5.29. The molecule has 0 unspecified atom stereocenters. The van der Waals surface area contributed by atoms with Gasteiger partial charge in [-0.1, -0.05) is 36.4 Å². The lowest BCUT2D eigenvalue weighted by Gasteiger charge is -1.90. The SMILES string of the molecule is Oc1ccc2cc(-c3cc(C=Cc4ccccc4)[nH]n3)oc2c1. The van der Waals surface area contributed by atoms with Crippen LogP contribution in [0.1, 0.15) is 11.3 Å². The van der Waals surface area contributed by atoms with E-state index in [1.54, 1.807) is 12.1 Å². The summed E-state index contributed by atoms with van der Waals surface area (Å²) >= 11 is 0. The number of fused-ring (bicyclic) bond motifs is 1. The van der Waals surface area contributed by atoms with Crippen molar-refractivity contribution in [2.45, 2.75) is 0 Å². The van der Waals surface area contributed by atoms with Crippen LogP contribution in [0.5, 0.6) is 5.75 Å². The second-order valence-electron chi connectivity index (χ2n) is 5.29. The van der Waals surface area contributed by atoms with Gasteiger partial charge in [0.1, 0.15) is 17.0 Å². The predicted molar refractivity (Wildman–Crippen MR) is 90.8 cm³/mol. The minimum atomic E-state index is 0.187. The Hall–Kier alpha value is -3.27. The Labute approximate surface area is 132 Å². The number of rotatable bonds is 3. The summed E-state index contributed by atoms with van der Waals surface area (Å²) in [5.41, 5.74) is 3.40. The van der Waals surface area contributed by atoms with Crippen molar-refractivity contribution in [3.05, 3.63) is 71.9 Å². The van der Waals surface area contributed by atoms with E-state index in [0.717, 1.165) is 22.3 Å². The lowest BCUT2D eigenvalue weighted by Crippen LogP contribution is -1.73. The zero-order valence-electron chi connectivity index (χ0n) is 12.2. The molecule has 0 spiro atoms. The third-order valence-corrected chi connectivity index (χ3v) is 3.61. The van der Waals surface area contributed by atoms with Gasteiger partial charge in [0.15, 0.2) is 5.76 Å². The summed E-state index contributed by atoms with van der Waals surface area (Å²) in [6, 6.07) is 19.0. The Balaban J connectivity index is 1.62. The number of aromatic hydroxyl groups is 1. The lowest BCUT2D eigenvalue weighted by molar-refractivity contribution is 0.474. The molecule has 2 N–H and O–H groups in total. The van der Waals surface area contributed by atoms with Gasteiger partial charge >= 0.3 is 0 Å². The van der Waals surface area contributed by atoms with Crippen molar-refractivity contribution >= 4 is 23.1 Å². The van der Waals surface area contributed by atoms with Crippen LogP contribution >= 0.6 is 0 Å². The van der Waals surface area contributed by atoms with Crippen LogP contribution in [0.2, 0.25) is 0 Å². The maximum Gasteiger partial charge on any atom is 0.155 e. The largest absolute Gasteiger partial charge is 0.508 e. The summed E-state index contributed by atoms with van der Waals surface area (Å²) < 4.78 is 5.74. The van der Waals surface area contributed by atoms with Crippen LogP contribution in [0.4, 0.5) is 0 Å². The van der Waals surface area contributed by atoms with Crippen LogP contribution in [-0.4, -0.2) is 15.3 Å². The van der Waals surface area contributed by atoms with E-state index in [0.29, 0.717) is 11.3 Å². The molecule has 112 valence electrons. The number of aromatic amines is 1. The smallest absolute Gasteiger partial charge is 0.155 e. The Morgan fingerprint density at radius 3 is 2.70 bits per heavy atom. The number of hydrogen-bond acceptors (Lipinski definition) is 3. The van der Waals surface area contributed by atoms with Crippen LogP contribution in [-0.2, 0) is 0 Å². The van der Waals surface area contributed by atoms with Gasteiger partial charge in [0, 0.05) is 11.5 Å². The maximum absolute atomic E-state index is 9.50. The molecule has 2 aromatic heterocycles. The van der Waals surface area contributed by atoms with Crippen LogP contribution in [0, 0.1) is 0 Å². The predicted octanol–water partition coefficient (Wildman–Crippen LogP) is 4.70. The first-order chi connectivity index (χ1) is 11.3. The molecule has 0 saturated carbocycles. The summed E-state index contributed by atoms with van der Waals surface area (Å²) in [4.78, 5) is 0. The molecule has 0 radical (unpaired) electrons. The number of nitrogens with zero attached hydrogens (tertiary/aromatic N) is 1. The third kappa shape index (κ3) is 2.74. The molecule has 4 heteroatoms. The highest BCUT2D eigenvalue weighted by Crippen LogP contribution is 2.29. The van der Waals surface area contributed by atoms with Crippen LogP contribution < -0.4 is 0 Å². The van der Waals surface area contributed by atoms with Gasteiger partial charge in [-0.05, 0) is 35.9 Å². The Bertz CT molecular complexity index is 981. The van der Waals surface area contributed by atoms with Crippen molar-refractivity contribution in [3.63, 3.8) is 0 Å². The first-order valence-electron chi connectivity index (χ1n) is 7.29. The number of nitrogens with one attached hydrogen (secondary N) is 1. The molecule has 0 aliphatic heterocycles. The molecule has 2 heterocycles. The molecule has 23 heavy (non-hydrogen) atoms. The monoisotopic (exact) mass is 302 g/mol. The van der Waals surface area contributed by atoms with Gasteiger partial charge in [0.25, 0.3) is 0 Å². The second kappa shape index (κ2) is 5.50. The molecular formula is C19H14N2O2. The Kier molecular flexibility index (Phi) is 3.20. The summed E-state index contributed by atoms with van der Waals surface area (Å²) in [6.07, 6.45) is 3.99. The molecule has 4 nitrogen and oxygen atoms in total. The molecule has 0 atom stereocenters. The van der Waals surface area contributed by atoms with Gasteiger partial charge in [-0.15, -0.1) is 0 Å². The van der Waals surface area contributed by atoms with Crippen molar-refractivity contribution < 1.29 is 9.52 Å². The van der Waals surface area contributed by atoms with Crippen molar-refractivity contribution in [1.82, 2.24) is 10.2 Å². The van der Waals surface area contributed by atoms with Crippen molar-refractivity contribution in [2.75, 3.05) is 0 Å². The fraction of sp³-hybridized carbons (Fsp3) is 0. The molecule has 0 saturated heterocycles. The number of furan rings is 1. The van der Waals surface area contributed by atoms with Crippen LogP contribution in [0.25, 0.3) is 34.6 Å². The molecule has 4 rings (SSSR count). The third-order valence-electron chi connectivity index (χ3n) is 3.61. The fourth-order valence-electron chi connectivity index (χ4n) is 2.44. The van der Waals surface area contributed by atoms with E-state index in [2.05, 4.69) is 10.2 Å². The number of H-pyrrole nitrogens is 1. The summed E-state index contributed by atoms with van der Waals surface area (Å²) in [7, 11) is 0. The zero-order chi connectivity index (χ0) is 15.6. The Morgan fingerprint density at radius 2 is 1.83 bits per heavy atom. The summed E-state index contributed by atoms with van der Waals surface area (Å²) in [6.45, 7) is 0. The summed E-state index contributed by atoms with van der Waals surface area (Å²) in [5, 5.41) is 17.7. The summed E-state index contributed by atoms with van der Waals surface area (Å²) in [5.74, 6) is 0.855. The van der Waals surface area contributed by atoms with Gasteiger partial charge in [-0.2, -0.15) is 5.10 Å². The van der Waals surface area contributed by atoms with E-state index in [1.165, 1.54) is 0 Å². The van der Waals surface area contributed by atoms with E-state index in [4.69, 9.17) is 4.42 Å². The first-order valence-corrected chi connectivity index (χ1v) is 7.29. The normalized spacial score (nSPS) is 11.5. The van der Waals surface area contributed by atoms with Gasteiger partial charge in [0.2, 0.25) is 0 Å². The number of hydrogen-bond donors (Lipinski definition) is 2. The standard InChI is InChI=1S/C19H14N2O2/c22-16-9-7-14-10-19(23-18(14)12-16)17-11-15(20-21-17)8-6-13-4-2-1-3-5-13/h1-12,22H,(H,20,21). The van der Waals surface area contributed by atoms with Crippen LogP contribution in [0.15, 0.2) is 65.1 Å². The topological polar surface area (TPSA) is 62.0 Å².